The van der Waals surface area contributed by atoms with Crippen LogP contribution in [0, 0.1) is 0 Å². The average molecular weight is 468 g/mol. The van der Waals surface area contributed by atoms with Crippen molar-refractivity contribution in [1.29, 1.82) is 0 Å². The van der Waals surface area contributed by atoms with E-state index in [0.717, 1.165) is 14.9 Å². The molecular weight excluding hydrogens is 437 g/mol. The molecule has 0 amide bonds. The van der Waals surface area contributed by atoms with Gasteiger partial charge in [-0.1, -0.05) is 81.4 Å². The van der Waals surface area contributed by atoms with Gasteiger partial charge in [0.25, 0.3) is 8.32 Å². The molecule has 4 rings (SSSR count). The molecule has 174 valence electrons. The topological polar surface area (TPSA) is 79.4 Å². The van der Waals surface area contributed by atoms with E-state index in [9.17, 15) is 9.18 Å². The Labute approximate surface area is 194 Å². The predicted octanol–water partition coefficient (Wildman–Crippen LogP) is 3.03. The lowest BCUT2D eigenvalue weighted by atomic mass is 10.2. The molecule has 0 radical (unpaired) electrons. The van der Waals surface area contributed by atoms with Crippen molar-refractivity contribution in [3.8, 4) is 0 Å². The fraction of sp³-hybridized carbons (Fsp3) is 0.360. The van der Waals surface area contributed by atoms with Gasteiger partial charge in [0.1, 0.15) is 12.0 Å². The van der Waals surface area contributed by atoms with Crippen molar-refractivity contribution in [2.75, 3.05) is 12.3 Å². The van der Waals surface area contributed by atoms with Crippen LogP contribution in [0.4, 0.5) is 10.2 Å². The Bertz CT molecular complexity index is 1100. The Kier molecular flexibility index (Phi) is 6.51. The summed E-state index contributed by atoms with van der Waals surface area (Å²) in [5.74, 6) is 0.0937. The van der Waals surface area contributed by atoms with Crippen LogP contribution in [0.25, 0.3) is 0 Å². The number of aromatic nitrogens is 2. The smallest absolute Gasteiger partial charge is 0.351 e. The van der Waals surface area contributed by atoms with Gasteiger partial charge in [0.15, 0.2) is 6.23 Å². The summed E-state index contributed by atoms with van der Waals surface area (Å²) in [7, 11) is -2.76. The number of alkyl halides is 1. The molecule has 0 aliphatic carbocycles. The van der Waals surface area contributed by atoms with Crippen LogP contribution in [0.3, 0.4) is 0 Å². The first-order valence-electron chi connectivity index (χ1n) is 11.1. The molecule has 2 aromatic carbocycles. The minimum Gasteiger partial charge on any atom is -0.405 e. The average Bonchev–Trinajstić information content (AvgIpc) is 3.15. The van der Waals surface area contributed by atoms with E-state index in [1.165, 1.54) is 12.3 Å². The monoisotopic (exact) mass is 467 g/mol. The standard InChI is InChI=1S/C25H30FN3O3Si/c1-25(2,3)33(19-10-6-4-7-11-19,20-12-8-5-9-13-20)31-17-18-16-21(26)23(32-18)29-15-14-22(27)28-24(29)30/h4-15,18,21,23H,16-17H2,1-3H3,(H2,27,28,30)/t18-,21+,23+/m0/s1. The van der Waals surface area contributed by atoms with Crippen molar-refractivity contribution < 1.29 is 13.6 Å². The number of nitrogen functional groups attached to an aromatic ring is 1. The summed E-state index contributed by atoms with van der Waals surface area (Å²) >= 11 is 0. The van der Waals surface area contributed by atoms with Crippen molar-refractivity contribution in [2.45, 2.75) is 50.7 Å². The first kappa shape index (κ1) is 23.3. The number of ether oxygens (including phenoxy) is 1. The normalized spacial score (nSPS) is 21.3. The Balaban J connectivity index is 1.64. The van der Waals surface area contributed by atoms with E-state index >= 15 is 0 Å². The first-order chi connectivity index (χ1) is 15.7. The van der Waals surface area contributed by atoms with E-state index in [1.54, 1.807) is 0 Å². The number of anilines is 1. The van der Waals surface area contributed by atoms with Crippen LogP contribution < -0.4 is 21.8 Å². The zero-order valence-corrected chi connectivity index (χ0v) is 20.1. The van der Waals surface area contributed by atoms with Crippen molar-refractivity contribution in [1.82, 2.24) is 9.55 Å². The fourth-order valence-electron chi connectivity index (χ4n) is 4.65. The van der Waals surface area contributed by atoms with Crippen molar-refractivity contribution >= 4 is 24.5 Å². The van der Waals surface area contributed by atoms with Gasteiger partial charge in [-0.3, -0.25) is 4.57 Å². The third kappa shape index (κ3) is 4.51. The number of rotatable bonds is 6. The molecule has 2 heterocycles. The minimum atomic E-state index is -2.76. The maximum absolute atomic E-state index is 14.9. The van der Waals surface area contributed by atoms with Gasteiger partial charge in [0.05, 0.1) is 12.7 Å². The van der Waals surface area contributed by atoms with Crippen LogP contribution in [0.5, 0.6) is 0 Å². The van der Waals surface area contributed by atoms with Gasteiger partial charge in [-0.05, 0) is 21.5 Å². The lowest BCUT2D eigenvalue weighted by Gasteiger charge is -2.43. The molecule has 1 aliphatic rings. The molecule has 0 saturated carbocycles. The van der Waals surface area contributed by atoms with Gasteiger partial charge in [-0.2, -0.15) is 4.98 Å². The second kappa shape index (κ2) is 9.21. The molecule has 1 saturated heterocycles. The molecule has 2 N–H and O–H groups in total. The molecule has 33 heavy (non-hydrogen) atoms. The van der Waals surface area contributed by atoms with E-state index in [2.05, 4.69) is 50.0 Å². The van der Waals surface area contributed by atoms with Crippen LogP contribution in [0.15, 0.2) is 77.7 Å². The Morgan fingerprint density at radius 1 is 1.09 bits per heavy atom. The highest BCUT2D eigenvalue weighted by atomic mass is 28.4. The van der Waals surface area contributed by atoms with Crippen molar-refractivity contribution in [3.63, 3.8) is 0 Å². The van der Waals surface area contributed by atoms with E-state index in [1.807, 2.05) is 36.4 Å². The molecular formula is C25H30FN3O3Si. The predicted molar refractivity (Wildman–Crippen MR) is 130 cm³/mol. The van der Waals surface area contributed by atoms with Gasteiger partial charge in [0, 0.05) is 12.6 Å². The van der Waals surface area contributed by atoms with E-state index in [-0.39, 0.29) is 23.9 Å². The Hall–Kier alpha value is -2.81. The Morgan fingerprint density at radius 2 is 1.67 bits per heavy atom. The highest BCUT2D eigenvalue weighted by Gasteiger charge is 2.51. The maximum Gasteiger partial charge on any atom is 0.351 e. The highest BCUT2D eigenvalue weighted by molar-refractivity contribution is 6.99. The molecule has 3 aromatic rings. The van der Waals surface area contributed by atoms with Crippen LogP contribution in [0.1, 0.15) is 33.4 Å². The number of hydrogen-bond acceptors (Lipinski definition) is 5. The van der Waals surface area contributed by atoms with Crippen LogP contribution in [-0.2, 0) is 9.16 Å². The van der Waals surface area contributed by atoms with E-state index in [0.29, 0.717) is 0 Å². The second-order valence-corrected chi connectivity index (χ2v) is 13.7. The summed E-state index contributed by atoms with van der Waals surface area (Å²) in [6, 6.07) is 22.0. The summed E-state index contributed by atoms with van der Waals surface area (Å²) in [6.07, 6.45) is -1.32. The summed E-state index contributed by atoms with van der Waals surface area (Å²) in [4.78, 5) is 15.9. The van der Waals surface area contributed by atoms with Gasteiger partial charge in [-0.15, -0.1) is 0 Å². The molecule has 1 aliphatic heterocycles. The number of nitrogens with zero attached hydrogens (tertiary/aromatic N) is 2. The molecule has 1 fully saturated rings. The number of hydrogen-bond donors (Lipinski definition) is 1. The van der Waals surface area contributed by atoms with Crippen molar-refractivity contribution in [3.05, 3.63) is 83.4 Å². The first-order valence-corrected chi connectivity index (χ1v) is 13.0. The van der Waals surface area contributed by atoms with Crippen molar-refractivity contribution in [2.24, 2.45) is 0 Å². The highest BCUT2D eigenvalue weighted by Crippen LogP contribution is 2.38. The molecule has 0 unspecified atom stereocenters. The third-order valence-corrected chi connectivity index (χ3v) is 11.2. The summed E-state index contributed by atoms with van der Waals surface area (Å²) in [5, 5.41) is 2.10. The SMILES string of the molecule is CC(C)(C)[Si](OC[C@@H]1C[C@@H](F)[C@H](n2ccc(N)nc2=O)O1)(c1ccccc1)c1ccccc1. The molecule has 0 bridgehead atoms. The van der Waals surface area contributed by atoms with Gasteiger partial charge < -0.3 is 14.9 Å². The molecule has 3 atom stereocenters. The summed E-state index contributed by atoms with van der Waals surface area (Å²) < 4.78 is 28.9. The van der Waals surface area contributed by atoms with Crippen LogP contribution in [-0.4, -0.2) is 36.8 Å². The second-order valence-electron chi connectivity index (χ2n) is 9.42. The maximum atomic E-state index is 14.9. The number of benzene rings is 2. The zero-order valence-electron chi connectivity index (χ0n) is 19.1. The molecule has 1 aromatic heterocycles. The van der Waals surface area contributed by atoms with Gasteiger partial charge in [0.2, 0.25) is 0 Å². The largest absolute Gasteiger partial charge is 0.405 e. The van der Waals surface area contributed by atoms with Gasteiger partial charge >= 0.3 is 5.69 Å². The zero-order chi connectivity index (χ0) is 23.6. The van der Waals surface area contributed by atoms with Gasteiger partial charge in [-0.25, -0.2) is 9.18 Å². The molecule has 8 heteroatoms. The number of halogens is 1. The quantitative estimate of drug-likeness (QED) is 0.564. The summed E-state index contributed by atoms with van der Waals surface area (Å²) in [5.41, 5.74) is 4.93. The lowest BCUT2D eigenvalue weighted by molar-refractivity contribution is -0.0369. The lowest BCUT2D eigenvalue weighted by Crippen LogP contribution is -2.67. The van der Waals surface area contributed by atoms with E-state index in [4.69, 9.17) is 14.9 Å². The van der Waals surface area contributed by atoms with Crippen LogP contribution >= 0.6 is 0 Å². The molecule has 0 spiro atoms. The third-order valence-electron chi connectivity index (χ3n) is 6.16. The summed E-state index contributed by atoms with van der Waals surface area (Å²) in [6.45, 7) is 6.79. The fourth-order valence-corrected chi connectivity index (χ4v) is 9.24. The number of nitrogens with two attached hydrogens (primary N) is 1. The van der Waals surface area contributed by atoms with Crippen LogP contribution in [0.2, 0.25) is 5.04 Å². The molecule has 6 nitrogen and oxygen atoms in total. The Morgan fingerprint density at radius 3 is 2.18 bits per heavy atom. The minimum absolute atomic E-state index is 0.0937. The van der Waals surface area contributed by atoms with E-state index < -0.39 is 32.5 Å².